The van der Waals surface area contributed by atoms with Crippen molar-refractivity contribution >= 4 is 33.6 Å². The number of nitrogens with one attached hydrogen (secondary N) is 2. The van der Waals surface area contributed by atoms with Crippen LogP contribution in [0.2, 0.25) is 0 Å². The summed E-state index contributed by atoms with van der Waals surface area (Å²) in [5.41, 5.74) is 0.454. The lowest BCUT2D eigenvalue weighted by Gasteiger charge is -2.10. The third kappa shape index (κ3) is 3.32. The molecule has 106 valence electrons. The van der Waals surface area contributed by atoms with E-state index in [4.69, 9.17) is 0 Å². The number of anilines is 2. The Morgan fingerprint density at radius 3 is 2.90 bits per heavy atom. The van der Waals surface area contributed by atoms with Gasteiger partial charge in [-0.3, -0.25) is 10.1 Å². The van der Waals surface area contributed by atoms with Crippen LogP contribution in [0.15, 0.2) is 23.1 Å². The predicted molar refractivity (Wildman–Crippen MR) is 79.7 cm³/mol. The normalized spacial score (nSPS) is 10.3. The van der Waals surface area contributed by atoms with Crippen LogP contribution in [-0.4, -0.2) is 32.2 Å². The summed E-state index contributed by atoms with van der Waals surface area (Å²) in [7, 11) is 1.71. The van der Waals surface area contributed by atoms with E-state index in [1.807, 2.05) is 6.92 Å². The van der Waals surface area contributed by atoms with Crippen LogP contribution in [0, 0.1) is 0 Å². The summed E-state index contributed by atoms with van der Waals surface area (Å²) in [4.78, 5) is 20.5. The lowest BCUT2D eigenvalue weighted by atomic mass is 10.2. The number of hydrogen-bond donors (Lipinski definition) is 2. The maximum absolute atomic E-state index is 12.3. The fraction of sp³-hybridized carbons (Fsp3) is 0.333. The molecule has 8 heteroatoms. The van der Waals surface area contributed by atoms with Crippen molar-refractivity contribution in [3.63, 3.8) is 0 Å². The molecule has 7 nitrogen and oxygen atoms in total. The average molecular weight is 339 g/mol. The number of amides is 1. The Labute approximate surface area is 124 Å². The monoisotopic (exact) mass is 338 g/mol. The van der Waals surface area contributed by atoms with Crippen LogP contribution >= 0.6 is 15.9 Å². The molecule has 0 unspecified atom stereocenters. The fourth-order valence-electron chi connectivity index (χ4n) is 1.57. The number of nitrogens with zero attached hydrogens (tertiary/aromatic N) is 4. The summed E-state index contributed by atoms with van der Waals surface area (Å²) in [6.45, 7) is 2.80. The summed E-state index contributed by atoms with van der Waals surface area (Å²) in [6.07, 6.45) is 3.98. The van der Waals surface area contributed by atoms with E-state index in [2.05, 4.69) is 41.6 Å². The Bertz CT molecular complexity index is 612. The van der Waals surface area contributed by atoms with Crippen molar-refractivity contribution in [3.8, 4) is 0 Å². The molecule has 0 spiro atoms. The Hall–Kier alpha value is -1.96. The number of hydrogen-bond acceptors (Lipinski definition) is 5. The van der Waals surface area contributed by atoms with Crippen LogP contribution in [-0.2, 0) is 7.05 Å². The molecule has 0 aromatic carbocycles. The Morgan fingerprint density at radius 1 is 1.45 bits per heavy atom. The fourth-order valence-corrected chi connectivity index (χ4v) is 1.91. The zero-order valence-corrected chi connectivity index (χ0v) is 12.8. The minimum absolute atomic E-state index is 0.284. The van der Waals surface area contributed by atoms with Crippen molar-refractivity contribution in [2.24, 2.45) is 7.05 Å². The molecule has 0 saturated heterocycles. The maximum atomic E-state index is 12.3. The highest BCUT2D eigenvalue weighted by molar-refractivity contribution is 9.10. The van der Waals surface area contributed by atoms with E-state index in [0.717, 1.165) is 17.4 Å². The van der Waals surface area contributed by atoms with Crippen LogP contribution in [0.4, 0.5) is 11.8 Å². The van der Waals surface area contributed by atoms with Gasteiger partial charge in [0.15, 0.2) is 0 Å². The van der Waals surface area contributed by atoms with Crippen LogP contribution in [0.5, 0.6) is 0 Å². The molecule has 0 bridgehead atoms. The molecule has 20 heavy (non-hydrogen) atoms. The number of aromatic nitrogens is 4. The van der Waals surface area contributed by atoms with E-state index in [9.17, 15) is 4.79 Å². The minimum atomic E-state index is -0.284. The van der Waals surface area contributed by atoms with Gasteiger partial charge < -0.3 is 5.32 Å². The summed E-state index contributed by atoms with van der Waals surface area (Å²) in [5.74, 6) is 0.652. The first-order chi connectivity index (χ1) is 9.61. The second kappa shape index (κ2) is 6.47. The van der Waals surface area contributed by atoms with Crippen molar-refractivity contribution in [3.05, 3.63) is 28.6 Å². The van der Waals surface area contributed by atoms with E-state index in [-0.39, 0.29) is 5.91 Å². The largest absolute Gasteiger partial charge is 0.369 e. The van der Waals surface area contributed by atoms with Crippen molar-refractivity contribution in [1.29, 1.82) is 0 Å². The van der Waals surface area contributed by atoms with Gasteiger partial charge in [-0.05, 0) is 28.4 Å². The molecule has 2 rings (SSSR count). The highest BCUT2D eigenvalue weighted by Gasteiger charge is 2.15. The first-order valence-corrected chi connectivity index (χ1v) is 6.96. The van der Waals surface area contributed by atoms with Gasteiger partial charge in [-0.15, -0.1) is 0 Å². The van der Waals surface area contributed by atoms with E-state index >= 15 is 0 Å². The Kier molecular flexibility index (Phi) is 4.67. The minimum Gasteiger partial charge on any atom is -0.369 e. The SMILES string of the molecule is CCCNc1ncc(Br)cc1C(=O)Nc1ncnn1C. The topological polar surface area (TPSA) is 84.7 Å². The number of pyridine rings is 1. The van der Waals surface area contributed by atoms with Gasteiger partial charge in [-0.25, -0.2) is 9.67 Å². The van der Waals surface area contributed by atoms with Gasteiger partial charge in [-0.1, -0.05) is 6.92 Å². The van der Waals surface area contributed by atoms with Crippen molar-refractivity contribution in [2.75, 3.05) is 17.2 Å². The summed E-state index contributed by atoms with van der Waals surface area (Å²) in [5, 5.41) is 9.73. The number of halogens is 1. The number of rotatable bonds is 5. The van der Waals surface area contributed by atoms with E-state index in [1.165, 1.54) is 11.0 Å². The summed E-state index contributed by atoms with van der Waals surface area (Å²) < 4.78 is 2.23. The molecule has 0 radical (unpaired) electrons. The molecule has 0 aliphatic rings. The molecule has 2 aromatic rings. The third-order valence-corrected chi connectivity index (χ3v) is 3.01. The second-order valence-corrected chi connectivity index (χ2v) is 5.05. The molecule has 1 amide bonds. The molecule has 0 atom stereocenters. The molecule has 0 fully saturated rings. The quantitative estimate of drug-likeness (QED) is 0.871. The molecule has 0 aliphatic heterocycles. The lowest BCUT2D eigenvalue weighted by Crippen LogP contribution is -2.18. The second-order valence-electron chi connectivity index (χ2n) is 4.14. The van der Waals surface area contributed by atoms with Crippen LogP contribution < -0.4 is 10.6 Å². The van der Waals surface area contributed by atoms with Gasteiger partial charge in [0.05, 0.1) is 5.56 Å². The van der Waals surface area contributed by atoms with Gasteiger partial charge in [-0.2, -0.15) is 10.1 Å². The molecule has 2 aromatic heterocycles. The van der Waals surface area contributed by atoms with Gasteiger partial charge in [0.25, 0.3) is 5.91 Å². The first kappa shape index (κ1) is 14.4. The van der Waals surface area contributed by atoms with Gasteiger partial charge >= 0.3 is 0 Å². The number of carbonyl (C=O) groups is 1. The predicted octanol–water partition coefficient (Wildman–Crippen LogP) is 2.05. The van der Waals surface area contributed by atoms with E-state index in [0.29, 0.717) is 17.3 Å². The van der Waals surface area contributed by atoms with Crippen LogP contribution in [0.25, 0.3) is 0 Å². The van der Waals surface area contributed by atoms with Gasteiger partial charge in [0.1, 0.15) is 12.1 Å². The van der Waals surface area contributed by atoms with Crippen LogP contribution in [0.1, 0.15) is 23.7 Å². The molecular weight excluding hydrogens is 324 g/mol. The van der Waals surface area contributed by atoms with Gasteiger partial charge in [0.2, 0.25) is 5.95 Å². The van der Waals surface area contributed by atoms with Crippen molar-refractivity contribution < 1.29 is 4.79 Å². The average Bonchev–Trinajstić information content (AvgIpc) is 2.83. The Balaban J connectivity index is 2.23. The summed E-state index contributed by atoms with van der Waals surface area (Å²) >= 11 is 3.32. The Morgan fingerprint density at radius 2 is 2.25 bits per heavy atom. The summed E-state index contributed by atoms with van der Waals surface area (Å²) in [6, 6.07) is 1.72. The molecule has 0 saturated carbocycles. The molecule has 0 aliphatic carbocycles. The molecule has 2 heterocycles. The highest BCUT2D eigenvalue weighted by atomic mass is 79.9. The van der Waals surface area contributed by atoms with Crippen molar-refractivity contribution in [1.82, 2.24) is 19.7 Å². The standard InChI is InChI=1S/C12H15BrN6O/c1-3-4-14-10-9(5-8(13)6-15-10)11(20)18-12-16-7-17-19(12)2/h5-7H,3-4H2,1-2H3,(H,14,15)(H,16,17,18,20). The highest BCUT2D eigenvalue weighted by Crippen LogP contribution is 2.19. The van der Waals surface area contributed by atoms with Gasteiger partial charge in [0, 0.05) is 24.3 Å². The zero-order chi connectivity index (χ0) is 14.5. The molecule has 2 N–H and O–H groups in total. The smallest absolute Gasteiger partial charge is 0.261 e. The molecular formula is C12H15BrN6O. The number of carbonyl (C=O) groups excluding carboxylic acids is 1. The first-order valence-electron chi connectivity index (χ1n) is 6.16. The zero-order valence-electron chi connectivity index (χ0n) is 11.2. The van der Waals surface area contributed by atoms with E-state index in [1.54, 1.807) is 19.3 Å². The number of aryl methyl sites for hydroxylation is 1. The maximum Gasteiger partial charge on any atom is 0.261 e. The lowest BCUT2D eigenvalue weighted by molar-refractivity contribution is 0.102. The van der Waals surface area contributed by atoms with Crippen molar-refractivity contribution in [2.45, 2.75) is 13.3 Å². The third-order valence-electron chi connectivity index (χ3n) is 2.58. The van der Waals surface area contributed by atoms with Crippen LogP contribution in [0.3, 0.4) is 0 Å². The van der Waals surface area contributed by atoms with E-state index < -0.39 is 0 Å².